The number of aliphatic hydroxyl groups is 1. The van der Waals surface area contributed by atoms with Gasteiger partial charge in [0, 0.05) is 4.90 Å². The maximum absolute atomic E-state index is 12.7. The Morgan fingerprint density at radius 2 is 1.81 bits per heavy atom. The minimum atomic E-state index is -1.51. The Labute approximate surface area is 153 Å². The molecule has 1 aromatic heterocycles. The van der Waals surface area contributed by atoms with Gasteiger partial charge in [-0.3, -0.25) is 4.79 Å². The van der Waals surface area contributed by atoms with Gasteiger partial charge in [0.1, 0.15) is 17.6 Å². The smallest absolute Gasteiger partial charge is 0.314 e. The summed E-state index contributed by atoms with van der Waals surface area (Å²) in [6, 6.07) is 17.4. The molecule has 2 aromatic carbocycles. The zero-order valence-corrected chi connectivity index (χ0v) is 14.9. The lowest BCUT2D eigenvalue weighted by atomic mass is 10.2. The Morgan fingerprint density at radius 3 is 2.50 bits per heavy atom. The molecular formula is C20H18O5S. The Morgan fingerprint density at radius 1 is 1.12 bits per heavy atom. The molecule has 0 unspecified atom stereocenters. The van der Waals surface area contributed by atoms with E-state index in [0.29, 0.717) is 15.5 Å². The Hall–Kier alpha value is -2.70. The van der Waals surface area contributed by atoms with Gasteiger partial charge in [-0.1, -0.05) is 35.9 Å². The minimum Gasteiger partial charge on any atom is -0.465 e. The van der Waals surface area contributed by atoms with E-state index in [4.69, 9.17) is 9.15 Å². The van der Waals surface area contributed by atoms with Crippen molar-refractivity contribution in [3.8, 4) is 5.75 Å². The summed E-state index contributed by atoms with van der Waals surface area (Å²) in [7, 11) is -1.51. The van der Waals surface area contributed by atoms with Gasteiger partial charge in [0.25, 0.3) is 0 Å². The molecule has 1 N–H and O–H groups in total. The number of para-hydroxylation sites is 1. The number of furan rings is 1. The largest absolute Gasteiger partial charge is 0.465 e. The predicted octanol–water partition coefficient (Wildman–Crippen LogP) is 3.78. The maximum atomic E-state index is 12.7. The van der Waals surface area contributed by atoms with Gasteiger partial charge in [0.05, 0.1) is 28.4 Å². The molecule has 0 aliphatic rings. The van der Waals surface area contributed by atoms with Crippen molar-refractivity contribution in [1.29, 1.82) is 0 Å². The number of hydrogen-bond acceptors (Lipinski definition) is 5. The van der Waals surface area contributed by atoms with Crippen LogP contribution in [-0.4, -0.2) is 15.3 Å². The molecule has 2 atom stereocenters. The third-order valence-electron chi connectivity index (χ3n) is 3.73. The number of rotatable bonds is 6. The number of hydrogen-bond donors (Lipinski definition) is 1. The van der Waals surface area contributed by atoms with Crippen molar-refractivity contribution in [1.82, 2.24) is 0 Å². The molecule has 26 heavy (non-hydrogen) atoms. The third-order valence-corrected chi connectivity index (χ3v) is 5.17. The van der Waals surface area contributed by atoms with Crippen LogP contribution in [0.1, 0.15) is 23.8 Å². The van der Waals surface area contributed by atoms with E-state index in [2.05, 4.69) is 0 Å². The second kappa shape index (κ2) is 8.12. The topological polar surface area (TPSA) is 76.7 Å². The van der Waals surface area contributed by atoms with E-state index in [-0.39, 0.29) is 12.2 Å². The van der Waals surface area contributed by atoms with E-state index in [1.54, 1.807) is 36.4 Å². The Balaban J connectivity index is 1.72. The number of benzene rings is 2. The van der Waals surface area contributed by atoms with E-state index < -0.39 is 22.9 Å². The van der Waals surface area contributed by atoms with E-state index in [9.17, 15) is 14.1 Å². The molecule has 0 amide bonds. The number of aryl methyl sites for hydroxylation is 1. The quantitative estimate of drug-likeness (QED) is 0.528. The summed E-state index contributed by atoms with van der Waals surface area (Å²) < 4.78 is 23.2. The number of ether oxygens (including phenoxy) is 1. The summed E-state index contributed by atoms with van der Waals surface area (Å²) in [4.78, 5) is 12.9. The Bertz CT molecular complexity index is 899. The molecule has 0 radical (unpaired) electrons. The number of esters is 1. The van der Waals surface area contributed by atoms with Gasteiger partial charge in [-0.2, -0.15) is 0 Å². The maximum Gasteiger partial charge on any atom is 0.314 e. The van der Waals surface area contributed by atoms with E-state index in [1.165, 1.54) is 12.3 Å². The lowest BCUT2D eigenvalue weighted by Gasteiger charge is -2.10. The monoisotopic (exact) mass is 370 g/mol. The zero-order chi connectivity index (χ0) is 18.5. The summed E-state index contributed by atoms with van der Waals surface area (Å²) in [6.45, 7) is 1.94. The van der Waals surface area contributed by atoms with Crippen molar-refractivity contribution in [2.75, 3.05) is 0 Å². The highest BCUT2D eigenvalue weighted by atomic mass is 32.2. The molecule has 0 bridgehead atoms. The molecule has 3 aromatic rings. The second-order valence-corrected chi connectivity index (χ2v) is 7.19. The van der Waals surface area contributed by atoms with Crippen LogP contribution < -0.4 is 4.74 Å². The zero-order valence-electron chi connectivity index (χ0n) is 14.1. The van der Waals surface area contributed by atoms with Gasteiger partial charge in [0.15, 0.2) is 0 Å². The SMILES string of the molecule is Cc1ccc([S@](=O)c2ccoc2[C@@H](O)CC(=O)Oc2ccccc2)cc1. The Kier molecular flexibility index (Phi) is 5.65. The lowest BCUT2D eigenvalue weighted by molar-refractivity contribution is -0.136. The molecule has 134 valence electrons. The van der Waals surface area contributed by atoms with Crippen LogP contribution in [-0.2, 0) is 15.6 Å². The average Bonchev–Trinajstić information content (AvgIpc) is 3.12. The van der Waals surface area contributed by atoms with Crippen molar-refractivity contribution in [3.05, 3.63) is 78.3 Å². The van der Waals surface area contributed by atoms with Crippen molar-refractivity contribution >= 4 is 16.8 Å². The fraction of sp³-hybridized carbons (Fsp3) is 0.150. The molecule has 0 saturated carbocycles. The highest BCUT2D eigenvalue weighted by molar-refractivity contribution is 7.85. The molecule has 1 heterocycles. The molecule has 0 aliphatic heterocycles. The van der Waals surface area contributed by atoms with Crippen molar-refractivity contribution in [3.63, 3.8) is 0 Å². The fourth-order valence-electron chi connectivity index (χ4n) is 2.41. The van der Waals surface area contributed by atoms with Crippen molar-refractivity contribution in [2.45, 2.75) is 29.2 Å². The van der Waals surface area contributed by atoms with E-state index >= 15 is 0 Å². The summed E-state index contributed by atoms with van der Waals surface area (Å²) >= 11 is 0. The van der Waals surface area contributed by atoms with Gasteiger partial charge in [0.2, 0.25) is 0 Å². The highest BCUT2D eigenvalue weighted by Crippen LogP contribution is 2.28. The van der Waals surface area contributed by atoms with E-state index in [1.807, 2.05) is 25.1 Å². The fourth-order valence-corrected chi connectivity index (χ4v) is 3.59. The van der Waals surface area contributed by atoms with Gasteiger partial charge in [-0.05, 0) is 37.3 Å². The molecule has 0 aliphatic carbocycles. The molecule has 0 fully saturated rings. The van der Waals surface area contributed by atoms with Crippen LogP contribution in [0.3, 0.4) is 0 Å². The van der Waals surface area contributed by atoms with Crippen LogP contribution >= 0.6 is 0 Å². The molecule has 3 rings (SSSR count). The highest BCUT2D eigenvalue weighted by Gasteiger charge is 2.24. The third kappa shape index (κ3) is 4.28. The van der Waals surface area contributed by atoms with Crippen LogP contribution in [0.5, 0.6) is 5.75 Å². The first-order chi connectivity index (χ1) is 12.5. The second-order valence-electron chi connectivity index (χ2n) is 5.74. The summed E-state index contributed by atoms with van der Waals surface area (Å²) in [5, 5.41) is 10.3. The van der Waals surface area contributed by atoms with Crippen LogP contribution in [0.25, 0.3) is 0 Å². The first-order valence-electron chi connectivity index (χ1n) is 8.04. The van der Waals surface area contributed by atoms with Gasteiger partial charge < -0.3 is 14.3 Å². The molecular weight excluding hydrogens is 352 g/mol. The first-order valence-corrected chi connectivity index (χ1v) is 9.19. The standard InChI is InChI=1S/C20H18O5S/c1-14-7-9-16(10-8-14)26(23)18-11-12-24-20(18)17(21)13-19(22)25-15-5-3-2-4-6-15/h2-12,17,21H,13H2,1H3/t17-,26-/m0/s1. The van der Waals surface area contributed by atoms with Crippen LogP contribution in [0.15, 0.2) is 81.1 Å². The minimum absolute atomic E-state index is 0.105. The van der Waals surface area contributed by atoms with Gasteiger partial charge in [-0.15, -0.1) is 0 Å². The van der Waals surface area contributed by atoms with Crippen molar-refractivity contribution in [2.24, 2.45) is 0 Å². The number of carbonyl (C=O) groups is 1. The lowest BCUT2D eigenvalue weighted by Crippen LogP contribution is -2.13. The normalized spacial score (nSPS) is 13.2. The van der Waals surface area contributed by atoms with Gasteiger partial charge in [-0.25, -0.2) is 4.21 Å². The van der Waals surface area contributed by atoms with E-state index in [0.717, 1.165) is 5.56 Å². The van der Waals surface area contributed by atoms with Crippen LogP contribution in [0.4, 0.5) is 0 Å². The van der Waals surface area contributed by atoms with Crippen molar-refractivity contribution < 1.29 is 23.3 Å². The first kappa shape index (κ1) is 18.1. The molecule has 0 spiro atoms. The summed E-state index contributed by atoms with van der Waals surface area (Å²) in [6.07, 6.45) is -0.200. The summed E-state index contributed by atoms with van der Waals surface area (Å²) in [5.41, 5.74) is 1.06. The number of carbonyl (C=O) groups excluding carboxylic acids is 1. The average molecular weight is 370 g/mol. The number of aliphatic hydroxyl groups excluding tert-OH is 1. The molecule has 0 saturated heterocycles. The summed E-state index contributed by atoms with van der Waals surface area (Å²) in [5.74, 6) is -0.103. The van der Waals surface area contributed by atoms with Crippen LogP contribution in [0, 0.1) is 6.92 Å². The van der Waals surface area contributed by atoms with Gasteiger partial charge >= 0.3 is 5.97 Å². The predicted molar refractivity (Wildman–Crippen MR) is 96.2 cm³/mol. The molecule has 6 heteroatoms. The van der Waals surface area contributed by atoms with Crippen LogP contribution in [0.2, 0.25) is 0 Å². The molecule has 5 nitrogen and oxygen atoms in total.